The van der Waals surface area contributed by atoms with Crippen LogP contribution in [-0.4, -0.2) is 23.5 Å². The van der Waals surface area contributed by atoms with Crippen LogP contribution < -0.4 is 5.32 Å². The van der Waals surface area contributed by atoms with Gasteiger partial charge in [-0.2, -0.15) is 0 Å². The summed E-state index contributed by atoms with van der Waals surface area (Å²) >= 11 is 0. The first-order chi connectivity index (χ1) is 6.66. The third-order valence-corrected chi connectivity index (χ3v) is 1.90. The second-order valence-electron chi connectivity index (χ2n) is 3.30. The molecule has 82 valence electrons. The lowest BCUT2D eigenvalue weighted by atomic mass is 10.2. The zero-order valence-electron chi connectivity index (χ0n) is 8.71. The van der Waals surface area contributed by atoms with Gasteiger partial charge in [0.2, 0.25) is 5.91 Å². The maximum Gasteiger partial charge on any atom is 0.303 e. The Bertz CT molecular complexity index is 180. The Morgan fingerprint density at radius 1 is 1.14 bits per heavy atom. The molecule has 2 N–H and O–H groups in total. The predicted molar refractivity (Wildman–Crippen MR) is 54.0 cm³/mol. The molecule has 4 nitrogen and oxygen atoms in total. The maximum absolute atomic E-state index is 11.1. The average Bonchev–Trinajstić information content (AvgIpc) is 2.13. The van der Waals surface area contributed by atoms with Crippen molar-refractivity contribution in [2.45, 2.75) is 45.4 Å². The zero-order valence-corrected chi connectivity index (χ0v) is 8.71. The van der Waals surface area contributed by atoms with Crippen LogP contribution >= 0.6 is 0 Å². The van der Waals surface area contributed by atoms with Crippen molar-refractivity contribution in [3.63, 3.8) is 0 Å². The van der Waals surface area contributed by atoms with E-state index in [0.717, 1.165) is 19.3 Å². The fourth-order valence-electron chi connectivity index (χ4n) is 1.05. The number of unbranched alkanes of at least 4 members (excludes halogenated alkanes) is 2. The fourth-order valence-corrected chi connectivity index (χ4v) is 1.05. The molecule has 0 aromatic rings. The molecular weight excluding hydrogens is 182 g/mol. The molecule has 0 bridgehead atoms. The molecule has 1 amide bonds. The monoisotopic (exact) mass is 201 g/mol. The van der Waals surface area contributed by atoms with Crippen molar-refractivity contribution < 1.29 is 14.7 Å². The van der Waals surface area contributed by atoms with Crippen LogP contribution in [0.15, 0.2) is 0 Å². The number of carboxylic acids is 1. The van der Waals surface area contributed by atoms with Gasteiger partial charge in [-0.3, -0.25) is 9.59 Å². The quantitative estimate of drug-likeness (QED) is 0.585. The summed E-state index contributed by atoms with van der Waals surface area (Å²) in [6, 6.07) is 0. The number of rotatable bonds is 8. The van der Waals surface area contributed by atoms with E-state index >= 15 is 0 Å². The lowest BCUT2D eigenvalue weighted by Gasteiger charge is -2.03. The van der Waals surface area contributed by atoms with Crippen molar-refractivity contribution in [2.75, 3.05) is 6.54 Å². The van der Waals surface area contributed by atoms with Crippen molar-refractivity contribution in [1.29, 1.82) is 0 Å². The van der Waals surface area contributed by atoms with Crippen LogP contribution in [0.4, 0.5) is 0 Å². The summed E-state index contributed by atoms with van der Waals surface area (Å²) in [4.78, 5) is 21.2. The highest BCUT2D eigenvalue weighted by Crippen LogP contribution is 1.95. The van der Waals surface area contributed by atoms with Crippen molar-refractivity contribution in [3.05, 3.63) is 0 Å². The molecule has 0 atom stereocenters. The Morgan fingerprint density at radius 2 is 1.86 bits per heavy atom. The minimum absolute atomic E-state index is 0.0715. The van der Waals surface area contributed by atoms with Crippen LogP contribution in [0.25, 0.3) is 0 Å². The number of hydrogen-bond acceptors (Lipinski definition) is 2. The number of aliphatic carboxylic acids is 1. The molecule has 0 saturated carbocycles. The van der Waals surface area contributed by atoms with Crippen molar-refractivity contribution >= 4 is 11.9 Å². The highest BCUT2D eigenvalue weighted by atomic mass is 16.4. The number of carboxylic acid groups (broad SMARTS) is 1. The lowest BCUT2D eigenvalue weighted by molar-refractivity contribution is -0.137. The number of hydrogen-bond donors (Lipinski definition) is 2. The summed E-state index contributed by atoms with van der Waals surface area (Å²) in [5.74, 6) is -0.704. The summed E-state index contributed by atoms with van der Waals surface area (Å²) in [7, 11) is 0. The molecule has 0 spiro atoms. The summed E-state index contributed by atoms with van der Waals surface area (Å²) in [5, 5.41) is 11.1. The molecule has 0 aliphatic rings. The second kappa shape index (κ2) is 8.53. The third kappa shape index (κ3) is 9.03. The SMILES string of the molecule is CCCCC(=O)NCCCCC(=O)O. The highest BCUT2D eigenvalue weighted by Gasteiger charge is 2.00. The summed E-state index contributed by atoms with van der Waals surface area (Å²) < 4.78 is 0. The summed E-state index contributed by atoms with van der Waals surface area (Å²) in [6.07, 6.45) is 4.07. The van der Waals surface area contributed by atoms with E-state index < -0.39 is 5.97 Å². The van der Waals surface area contributed by atoms with Gasteiger partial charge in [-0.05, 0) is 19.3 Å². The standard InChI is InChI=1S/C10H19NO3/c1-2-3-6-9(12)11-8-5-4-7-10(13)14/h2-8H2,1H3,(H,11,12)(H,13,14). The van der Waals surface area contributed by atoms with Crippen LogP contribution in [0.3, 0.4) is 0 Å². The van der Waals surface area contributed by atoms with Gasteiger partial charge in [0.25, 0.3) is 0 Å². The van der Waals surface area contributed by atoms with E-state index in [1.54, 1.807) is 0 Å². The third-order valence-electron chi connectivity index (χ3n) is 1.90. The molecule has 0 aliphatic carbocycles. The fraction of sp³-hybridized carbons (Fsp3) is 0.800. The molecule has 0 radical (unpaired) electrons. The first-order valence-electron chi connectivity index (χ1n) is 5.15. The largest absolute Gasteiger partial charge is 0.481 e. The normalized spacial score (nSPS) is 9.79. The summed E-state index contributed by atoms with van der Waals surface area (Å²) in [5.41, 5.74) is 0. The van der Waals surface area contributed by atoms with Gasteiger partial charge in [0.15, 0.2) is 0 Å². The number of amides is 1. The van der Waals surface area contributed by atoms with Crippen LogP contribution in [0.1, 0.15) is 45.4 Å². The Labute approximate surface area is 84.7 Å². The van der Waals surface area contributed by atoms with Crippen LogP contribution in [0.2, 0.25) is 0 Å². The van der Waals surface area contributed by atoms with Gasteiger partial charge >= 0.3 is 5.97 Å². The van der Waals surface area contributed by atoms with Crippen LogP contribution in [-0.2, 0) is 9.59 Å². The van der Waals surface area contributed by atoms with Crippen LogP contribution in [0.5, 0.6) is 0 Å². The molecule has 0 saturated heterocycles. The minimum Gasteiger partial charge on any atom is -0.481 e. The van der Waals surface area contributed by atoms with Gasteiger partial charge in [-0.25, -0.2) is 0 Å². The van der Waals surface area contributed by atoms with E-state index in [1.165, 1.54) is 0 Å². The number of carbonyl (C=O) groups excluding carboxylic acids is 1. The molecule has 0 aromatic carbocycles. The lowest BCUT2D eigenvalue weighted by Crippen LogP contribution is -2.24. The Hall–Kier alpha value is -1.06. The predicted octanol–water partition coefficient (Wildman–Crippen LogP) is 1.55. The highest BCUT2D eigenvalue weighted by molar-refractivity contribution is 5.75. The molecule has 0 fully saturated rings. The summed E-state index contributed by atoms with van der Waals surface area (Å²) in [6.45, 7) is 2.63. The molecule has 0 aromatic heterocycles. The first kappa shape index (κ1) is 12.9. The Morgan fingerprint density at radius 3 is 2.43 bits per heavy atom. The van der Waals surface area contributed by atoms with E-state index in [0.29, 0.717) is 19.4 Å². The number of nitrogens with one attached hydrogen (secondary N) is 1. The Balaban J connectivity index is 3.19. The molecule has 0 aliphatic heterocycles. The second-order valence-corrected chi connectivity index (χ2v) is 3.30. The van der Waals surface area contributed by atoms with Gasteiger partial charge in [-0.1, -0.05) is 13.3 Å². The molecule has 0 rings (SSSR count). The molecule has 14 heavy (non-hydrogen) atoms. The zero-order chi connectivity index (χ0) is 10.8. The average molecular weight is 201 g/mol. The molecule has 4 heteroatoms. The van der Waals surface area contributed by atoms with Gasteiger partial charge in [0.1, 0.15) is 0 Å². The molecular formula is C10H19NO3. The first-order valence-corrected chi connectivity index (χ1v) is 5.15. The van der Waals surface area contributed by atoms with Gasteiger partial charge < -0.3 is 10.4 Å². The molecule has 0 heterocycles. The maximum atomic E-state index is 11.1. The minimum atomic E-state index is -0.776. The van der Waals surface area contributed by atoms with E-state index in [2.05, 4.69) is 5.32 Å². The van der Waals surface area contributed by atoms with E-state index in [9.17, 15) is 9.59 Å². The number of carbonyl (C=O) groups is 2. The van der Waals surface area contributed by atoms with Crippen LogP contribution in [0, 0.1) is 0 Å². The van der Waals surface area contributed by atoms with Gasteiger partial charge in [-0.15, -0.1) is 0 Å². The van der Waals surface area contributed by atoms with Crippen molar-refractivity contribution in [2.24, 2.45) is 0 Å². The van der Waals surface area contributed by atoms with Crippen molar-refractivity contribution in [1.82, 2.24) is 5.32 Å². The molecule has 0 unspecified atom stereocenters. The van der Waals surface area contributed by atoms with E-state index in [1.807, 2.05) is 6.92 Å². The van der Waals surface area contributed by atoms with E-state index in [-0.39, 0.29) is 12.3 Å². The Kier molecular flexibility index (Phi) is 7.89. The smallest absolute Gasteiger partial charge is 0.303 e. The van der Waals surface area contributed by atoms with E-state index in [4.69, 9.17) is 5.11 Å². The van der Waals surface area contributed by atoms with Crippen molar-refractivity contribution in [3.8, 4) is 0 Å². The van der Waals surface area contributed by atoms with Gasteiger partial charge in [0.05, 0.1) is 0 Å². The van der Waals surface area contributed by atoms with Gasteiger partial charge in [0, 0.05) is 19.4 Å². The topological polar surface area (TPSA) is 66.4 Å².